The van der Waals surface area contributed by atoms with Crippen LogP contribution in [0.3, 0.4) is 0 Å². The third-order valence-electron chi connectivity index (χ3n) is 8.62. The molecule has 0 spiro atoms. The Hall–Kier alpha value is -2.04. The standard InChI is InChI=1S/C25H35NO4/c1-15(26-30-17(3)28)21-8-9-22-20-7-6-18-14-19(29-16(2)27)10-12-24(18,4)23(20)11-13-25(21,22)5/h6,8,19-20,22-23,26H,1,7,9-14H2,2-5H3/t19-,20+,22+,23+,24+,25-/m1/s1. The molecule has 4 rings (SSSR count). The van der Waals surface area contributed by atoms with Gasteiger partial charge in [-0.25, -0.2) is 5.48 Å². The molecule has 0 aromatic heterocycles. The molecule has 30 heavy (non-hydrogen) atoms. The van der Waals surface area contributed by atoms with Crippen molar-refractivity contribution < 1.29 is 19.2 Å². The Labute approximate surface area is 179 Å². The second-order valence-corrected chi connectivity index (χ2v) is 10.2. The van der Waals surface area contributed by atoms with Crippen LogP contribution >= 0.6 is 0 Å². The molecule has 4 aliphatic rings. The van der Waals surface area contributed by atoms with Gasteiger partial charge in [-0.3, -0.25) is 9.59 Å². The summed E-state index contributed by atoms with van der Waals surface area (Å²) in [7, 11) is 0. The lowest BCUT2D eigenvalue weighted by molar-refractivity contribution is -0.148. The fraction of sp³-hybridized carbons (Fsp3) is 0.680. The van der Waals surface area contributed by atoms with Gasteiger partial charge >= 0.3 is 11.9 Å². The van der Waals surface area contributed by atoms with Gasteiger partial charge in [-0.15, -0.1) is 0 Å². The highest BCUT2D eigenvalue weighted by Crippen LogP contribution is 2.65. The maximum atomic E-state index is 11.4. The van der Waals surface area contributed by atoms with E-state index in [1.54, 1.807) is 0 Å². The molecule has 0 aliphatic heterocycles. The van der Waals surface area contributed by atoms with Crippen LogP contribution in [0.15, 0.2) is 35.6 Å². The highest BCUT2D eigenvalue weighted by Gasteiger charge is 2.57. The Morgan fingerprint density at radius 1 is 1.03 bits per heavy atom. The Morgan fingerprint density at radius 3 is 2.47 bits per heavy atom. The van der Waals surface area contributed by atoms with Gasteiger partial charge < -0.3 is 9.57 Å². The van der Waals surface area contributed by atoms with Crippen LogP contribution in [0.5, 0.6) is 0 Å². The predicted octanol–water partition coefficient (Wildman–Crippen LogP) is 5.00. The first-order valence-electron chi connectivity index (χ1n) is 11.3. The molecule has 0 amide bonds. The quantitative estimate of drug-likeness (QED) is 0.399. The van der Waals surface area contributed by atoms with Crippen molar-refractivity contribution in [1.29, 1.82) is 0 Å². The fourth-order valence-corrected chi connectivity index (χ4v) is 7.19. The minimum absolute atomic E-state index is 0.0441. The molecule has 5 nitrogen and oxygen atoms in total. The molecule has 4 aliphatic carbocycles. The molecule has 5 heteroatoms. The smallest absolute Gasteiger partial charge is 0.329 e. The molecule has 0 aromatic carbocycles. The Bertz CT molecular complexity index is 827. The van der Waals surface area contributed by atoms with Crippen molar-refractivity contribution in [2.45, 2.75) is 78.7 Å². The topological polar surface area (TPSA) is 64.6 Å². The number of hydrogen-bond donors (Lipinski definition) is 1. The highest BCUT2D eigenvalue weighted by molar-refractivity contribution is 5.66. The van der Waals surface area contributed by atoms with Gasteiger partial charge in [0.25, 0.3) is 0 Å². The molecule has 164 valence electrons. The number of allylic oxidation sites excluding steroid dienone is 3. The number of ether oxygens (including phenoxy) is 1. The van der Waals surface area contributed by atoms with Crippen LogP contribution in [0.25, 0.3) is 0 Å². The molecule has 0 heterocycles. The summed E-state index contributed by atoms with van der Waals surface area (Å²) in [5, 5.41) is 0. The first-order valence-corrected chi connectivity index (χ1v) is 11.3. The molecule has 0 unspecified atom stereocenters. The van der Waals surface area contributed by atoms with Gasteiger partial charge in [0.15, 0.2) is 0 Å². The third-order valence-corrected chi connectivity index (χ3v) is 8.62. The molecular weight excluding hydrogens is 378 g/mol. The average Bonchev–Trinajstić information content (AvgIpc) is 3.03. The molecule has 0 radical (unpaired) electrons. The summed E-state index contributed by atoms with van der Waals surface area (Å²) in [5.74, 6) is 1.39. The lowest BCUT2D eigenvalue weighted by Gasteiger charge is -2.57. The first-order chi connectivity index (χ1) is 14.1. The molecule has 2 fully saturated rings. The molecular formula is C25H35NO4. The van der Waals surface area contributed by atoms with E-state index in [1.807, 2.05) is 0 Å². The number of hydroxylamine groups is 1. The maximum Gasteiger partial charge on any atom is 0.329 e. The van der Waals surface area contributed by atoms with E-state index in [4.69, 9.17) is 9.57 Å². The monoisotopic (exact) mass is 413 g/mol. The lowest BCUT2D eigenvalue weighted by atomic mass is 9.47. The number of hydrogen-bond acceptors (Lipinski definition) is 5. The third kappa shape index (κ3) is 3.40. The van der Waals surface area contributed by atoms with Gasteiger partial charge in [-0.2, -0.15) is 0 Å². The second-order valence-electron chi connectivity index (χ2n) is 10.2. The summed E-state index contributed by atoms with van der Waals surface area (Å²) < 4.78 is 5.55. The Morgan fingerprint density at radius 2 is 1.77 bits per heavy atom. The molecule has 1 N–H and O–H groups in total. The van der Waals surface area contributed by atoms with Crippen molar-refractivity contribution in [3.63, 3.8) is 0 Å². The van der Waals surface area contributed by atoms with E-state index in [0.717, 1.165) is 38.5 Å². The van der Waals surface area contributed by atoms with E-state index < -0.39 is 0 Å². The number of esters is 1. The molecule has 0 aromatic rings. The lowest BCUT2D eigenvalue weighted by Crippen LogP contribution is -2.50. The van der Waals surface area contributed by atoms with E-state index in [-0.39, 0.29) is 28.9 Å². The van der Waals surface area contributed by atoms with E-state index in [0.29, 0.717) is 23.5 Å². The summed E-state index contributed by atoms with van der Waals surface area (Å²) in [4.78, 5) is 27.6. The largest absolute Gasteiger partial charge is 0.462 e. The zero-order valence-electron chi connectivity index (χ0n) is 18.8. The maximum absolute atomic E-state index is 11.4. The van der Waals surface area contributed by atoms with E-state index in [9.17, 15) is 9.59 Å². The van der Waals surface area contributed by atoms with Crippen molar-refractivity contribution in [3.05, 3.63) is 35.6 Å². The van der Waals surface area contributed by atoms with Gasteiger partial charge in [-0.1, -0.05) is 38.2 Å². The molecule has 0 saturated heterocycles. The summed E-state index contributed by atoms with van der Waals surface area (Å²) >= 11 is 0. The summed E-state index contributed by atoms with van der Waals surface area (Å²) in [6, 6.07) is 0. The van der Waals surface area contributed by atoms with Crippen LogP contribution in [0.2, 0.25) is 0 Å². The van der Waals surface area contributed by atoms with Crippen molar-refractivity contribution in [1.82, 2.24) is 5.48 Å². The minimum Gasteiger partial charge on any atom is -0.462 e. The van der Waals surface area contributed by atoms with Gasteiger partial charge in [0.1, 0.15) is 6.10 Å². The van der Waals surface area contributed by atoms with Crippen molar-refractivity contribution >= 4 is 11.9 Å². The van der Waals surface area contributed by atoms with Crippen molar-refractivity contribution in [2.75, 3.05) is 0 Å². The zero-order chi connectivity index (χ0) is 21.7. The Balaban J connectivity index is 1.52. The van der Waals surface area contributed by atoms with Crippen LogP contribution in [0, 0.1) is 28.6 Å². The summed E-state index contributed by atoms with van der Waals surface area (Å²) in [6.45, 7) is 11.9. The minimum atomic E-state index is -0.359. The van der Waals surface area contributed by atoms with Crippen molar-refractivity contribution in [3.8, 4) is 0 Å². The predicted molar refractivity (Wildman–Crippen MR) is 115 cm³/mol. The van der Waals surface area contributed by atoms with Gasteiger partial charge in [-0.05, 0) is 72.7 Å². The number of carbonyl (C=O) groups is 2. The Kier molecular flexibility index (Phi) is 5.36. The van der Waals surface area contributed by atoms with Gasteiger partial charge in [0.05, 0.1) is 5.70 Å². The molecule has 6 atom stereocenters. The van der Waals surface area contributed by atoms with Crippen LogP contribution < -0.4 is 5.48 Å². The van der Waals surface area contributed by atoms with E-state index in [1.165, 1.54) is 31.4 Å². The first kappa shape index (κ1) is 21.2. The van der Waals surface area contributed by atoms with E-state index in [2.05, 4.69) is 38.1 Å². The number of nitrogens with one attached hydrogen (secondary N) is 1. The van der Waals surface area contributed by atoms with Crippen LogP contribution in [-0.2, 0) is 19.2 Å². The number of fused-ring (bicyclic) bond motifs is 5. The average molecular weight is 414 g/mol. The normalized spacial score (nSPS) is 39.5. The second kappa shape index (κ2) is 7.58. The zero-order valence-corrected chi connectivity index (χ0v) is 18.8. The van der Waals surface area contributed by atoms with Crippen LogP contribution in [0.4, 0.5) is 0 Å². The fourth-order valence-electron chi connectivity index (χ4n) is 7.19. The summed E-state index contributed by atoms with van der Waals surface area (Å²) in [6.07, 6.45) is 12.3. The molecule has 0 bridgehead atoms. The van der Waals surface area contributed by atoms with Crippen LogP contribution in [0.1, 0.15) is 72.6 Å². The van der Waals surface area contributed by atoms with Gasteiger partial charge in [0.2, 0.25) is 0 Å². The van der Waals surface area contributed by atoms with Gasteiger partial charge in [0, 0.05) is 20.3 Å². The summed E-state index contributed by atoms with van der Waals surface area (Å²) in [5.41, 5.74) is 6.49. The SMILES string of the molecule is C=C(NOC(C)=O)C1=CC[C@H]2[C@@H]3CC=C4C[C@H](OC(C)=O)CC[C@]4(C)[C@H]3CC[C@]12C. The van der Waals surface area contributed by atoms with Crippen LogP contribution in [-0.4, -0.2) is 18.0 Å². The number of carbonyl (C=O) groups excluding carboxylic acids is 2. The van der Waals surface area contributed by atoms with E-state index >= 15 is 0 Å². The highest BCUT2D eigenvalue weighted by atomic mass is 16.7. The molecule has 2 saturated carbocycles. The van der Waals surface area contributed by atoms with Crippen molar-refractivity contribution in [2.24, 2.45) is 28.6 Å². The number of rotatable bonds is 4.